The van der Waals surface area contributed by atoms with Crippen LogP contribution < -0.4 is 0 Å². The highest BCUT2D eigenvalue weighted by atomic mass is 32.2. The number of hydrogen-bond donors (Lipinski definition) is 1. The van der Waals surface area contributed by atoms with Crippen molar-refractivity contribution < 1.29 is 18.3 Å². The van der Waals surface area contributed by atoms with E-state index in [1.807, 2.05) is 0 Å². The molecule has 20 heavy (non-hydrogen) atoms. The van der Waals surface area contributed by atoms with E-state index in [1.54, 1.807) is 7.05 Å². The summed E-state index contributed by atoms with van der Waals surface area (Å²) >= 11 is 0. The van der Waals surface area contributed by atoms with E-state index in [1.165, 1.54) is 21.5 Å². The molecule has 1 saturated heterocycles. The molecule has 2 aliphatic rings. The zero-order valence-electron chi connectivity index (χ0n) is 12.0. The standard InChI is InChI=1S/C13H24N2O4S/c1-14(10-11-6-2-3-7-11)20(18,19)15-9-5-4-8-12(15)13(16)17/h11-12H,2-10H2,1H3,(H,16,17). The lowest BCUT2D eigenvalue weighted by Gasteiger charge is -2.35. The van der Waals surface area contributed by atoms with Gasteiger partial charge in [-0.05, 0) is 38.0 Å². The maximum Gasteiger partial charge on any atom is 0.322 e. The third-order valence-corrected chi connectivity index (χ3v) is 6.39. The maximum atomic E-state index is 12.6. The Bertz CT molecular complexity index is 445. The van der Waals surface area contributed by atoms with E-state index in [4.69, 9.17) is 0 Å². The molecule has 0 aromatic heterocycles. The Hall–Kier alpha value is -0.660. The summed E-state index contributed by atoms with van der Waals surface area (Å²) in [4.78, 5) is 11.3. The Morgan fingerprint density at radius 1 is 1.20 bits per heavy atom. The van der Waals surface area contributed by atoms with Crippen LogP contribution in [0.4, 0.5) is 0 Å². The van der Waals surface area contributed by atoms with E-state index in [0.717, 1.165) is 25.7 Å². The fraction of sp³-hybridized carbons (Fsp3) is 0.923. The summed E-state index contributed by atoms with van der Waals surface area (Å²) in [5.74, 6) is -0.620. The summed E-state index contributed by atoms with van der Waals surface area (Å²) in [6.45, 7) is 0.819. The van der Waals surface area contributed by atoms with Gasteiger partial charge in [0.25, 0.3) is 10.2 Å². The molecule has 1 unspecified atom stereocenters. The number of aliphatic carboxylic acids is 1. The first-order chi connectivity index (χ1) is 9.43. The molecule has 0 spiro atoms. The van der Waals surface area contributed by atoms with Crippen molar-refractivity contribution in [3.05, 3.63) is 0 Å². The molecule has 116 valence electrons. The number of carboxylic acid groups (broad SMARTS) is 1. The first kappa shape index (κ1) is 15.7. The van der Waals surface area contributed by atoms with Gasteiger partial charge in [0, 0.05) is 20.1 Å². The van der Waals surface area contributed by atoms with E-state index in [2.05, 4.69) is 0 Å². The summed E-state index contributed by atoms with van der Waals surface area (Å²) in [6, 6.07) is -0.903. The molecule has 6 nitrogen and oxygen atoms in total. The van der Waals surface area contributed by atoms with Crippen molar-refractivity contribution in [2.75, 3.05) is 20.1 Å². The van der Waals surface area contributed by atoms with Crippen LogP contribution >= 0.6 is 0 Å². The molecule has 0 bridgehead atoms. The number of piperidine rings is 1. The van der Waals surface area contributed by atoms with Crippen LogP contribution in [0.5, 0.6) is 0 Å². The fourth-order valence-corrected chi connectivity index (χ4v) is 4.89. The fourth-order valence-electron chi connectivity index (χ4n) is 3.26. The van der Waals surface area contributed by atoms with Gasteiger partial charge in [-0.15, -0.1) is 0 Å². The van der Waals surface area contributed by atoms with Crippen LogP contribution in [0.2, 0.25) is 0 Å². The van der Waals surface area contributed by atoms with Crippen molar-refractivity contribution in [3.8, 4) is 0 Å². The van der Waals surface area contributed by atoms with Gasteiger partial charge in [0.1, 0.15) is 6.04 Å². The van der Waals surface area contributed by atoms with Crippen molar-refractivity contribution in [2.24, 2.45) is 5.92 Å². The normalized spacial score (nSPS) is 26.2. The molecule has 1 heterocycles. The summed E-state index contributed by atoms with van der Waals surface area (Å²) in [5, 5.41) is 9.21. The van der Waals surface area contributed by atoms with Crippen molar-refractivity contribution >= 4 is 16.2 Å². The Kier molecular flexibility index (Phi) is 5.04. The van der Waals surface area contributed by atoms with Crippen LogP contribution in [-0.2, 0) is 15.0 Å². The molecule has 1 saturated carbocycles. The minimum absolute atomic E-state index is 0.314. The lowest BCUT2D eigenvalue weighted by Crippen LogP contribution is -2.53. The molecule has 0 radical (unpaired) electrons. The lowest BCUT2D eigenvalue weighted by molar-refractivity contribution is -0.142. The van der Waals surface area contributed by atoms with Gasteiger partial charge in [0.05, 0.1) is 0 Å². The van der Waals surface area contributed by atoms with Crippen molar-refractivity contribution in [3.63, 3.8) is 0 Å². The molecule has 2 fully saturated rings. The number of rotatable bonds is 5. The van der Waals surface area contributed by atoms with Gasteiger partial charge in [-0.1, -0.05) is 12.8 Å². The Morgan fingerprint density at radius 2 is 1.80 bits per heavy atom. The van der Waals surface area contributed by atoms with Gasteiger partial charge >= 0.3 is 5.97 Å². The molecule has 7 heteroatoms. The van der Waals surface area contributed by atoms with Crippen molar-refractivity contribution in [2.45, 2.75) is 51.0 Å². The quantitative estimate of drug-likeness (QED) is 0.830. The van der Waals surface area contributed by atoms with Crippen molar-refractivity contribution in [1.29, 1.82) is 0 Å². The highest BCUT2D eigenvalue weighted by Gasteiger charge is 2.39. The van der Waals surface area contributed by atoms with E-state index < -0.39 is 22.2 Å². The molecular weight excluding hydrogens is 280 g/mol. The highest BCUT2D eigenvalue weighted by molar-refractivity contribution is 7.86. The topological polar surface area (TPSA) is 77.9 Å². The first-order valence-corrected chi connectivity index (χ1v) is 8.78. The smallest absolute Gasteiger partial charge is 0.322 e. The molecule has 0 aromatic rings. The molecule has 1 aliphatic carbocycles. The van der Waals surface area contributed by atoms with E-state index >= 15 is 0 Å². The average molecular weight is 304 g/mol. The molecule has 0 aromatic carbocycles. The van der Waals surface area contributed by atoms with Gasteiger partial charge in [-0.25, -0.2) is 0 Å². The Balaban J connectivity index is 2.08. The number of nitrogens with zero attached hydrogens (tertiary/aromatic N) is 2. The zero-order valence-corrected chi connectivity index (χ0v) is 12.8. The average Bonchev–Trinajstić information content (AvgIpc) is 2.91. The second-order valence-corrected chi connectivity index (χ2v) is 7.89. The predicted molar refractivity (Wildman–Crippen MR) is 75.5 cm³/mol. The van der Waals surface area contributed by atoms with Crippen LogP contribution in [0.3, 0.4) is 0 Å². The lowest BCUT2D eigenvalue weighted by atomic mass is 10.1. The number of hydrogen-bond acceptors (Lipinski definition) is 3. The molecule has 1 N–H and O–H groups in total. The minimum atomic E-state index is -3.66. The van der Waals surface area contributed by atoms with Crippen molar-refractivity contribution in [1.82, 2.24) is 8.61 Å². The highest BCUT2D eigenvalue weighted by Crippen LogP contribution is 2.28. The molecule has 2 rings (SSSR count). The van der Waals surface area contributed by atoms with Crippen LogP contribution in [0.15, 0.2) is 0 Å². The van der Waals surface area contributed by atoms with E-state index in [0.29, 0.717) is 25.4 Å². The van der Waals surface area contributed by atoms with Crippen LogP contribution in [-0.4, -0.2) is 54.3 Å². The number of carbonyl (C=O) groups is 1. The van der Waals surface area contributed by atoms with E-state index in [-0.39, 0.29) is 0 Å². The largest absolute Gasteiger partial charge is 0.480 e. The van der Waals surface area contributed by atoms with Crippen LogP contribution in [0.25, 0.3) is 0 Å². The summed E-state index contributed by atoms with van der Waals surface area (Å²) < 4.78 is 27.7. The molecule has 0 amide bonds. The minimum Gasteiger partial charge on any atom is -0.480 e. The number of carboxylic acids is 1. The Labute approximate surface area is 120 Å². The third kappa shape index (κ3) is 3.32. The van der Waals surface area contributed by atoms with Gasteiger partial charge in [0.2, 0.25) is 0 Å². The van der Waals surface area contributed by atoms with Gasteiger partial charge < -0.3 is 5.11 Å². The van der Waals surface area contributed by atoms with Crippen LogP contribution in [0.1, 0.15) is 44.9 Å². The van der Waals surface area contributed by atoms with Gasteiger partial charge in [-0.2, -0.15) is 17.0 Å². The maximum absolute atomic E-state index is 12.6. The summed E-state index contributed by atoms with van der Waals surface area (Å²) in [6.07, 6.45) is 6.39. The molecular formula is C13H24N2O4S. The van der Waals surface area contributed by atoms with Gasteiger partial charge in [-0.3, -0.25) is 4.79 Å². The molecule has 1 atom stereocenters. The second-order valence-electron chi connectivity index (χ2n) is 5.90. The summed E-state index contributed by atoms with van der Waals surface area (Å²) in [7, 11) is -2.09. The van der Waals surface area contributed by atoms with Gasteiger partial charge in [0.15, 0.2) is 0 Å². The summed E-state index contributed by atoms with van der Waals surface area (Å²) in [5.41, 5.74) is 0. The molecule has 1 aliphatic heterocycles. The first-order valence-electron chi connectivity index (χ1n) is 7.39. The predicted octanol–water partition coefficient (Wildman–Crippen LogP) is 1.29. The van der Waals surface area contributed by atoms with E-state index in [9.17, 15) is 18.3 Å². The SMILES string of the molecule is CN(CC1CCCC1)S(=O)(=O)N1CCCCC1C(=O)O. The third-order valence-electron chi connectivity index (χ3n) is 4.42. The zero-order chi connectivity index (χ0) is 14.8. The second kappa shape index (κ2) is 6.41. The Morgan fingerprint density at radius 3 is 2.40 bits per heavy atom. The van der Waals surface area contributed by atoms with Crippen LogP contribution in [0, 0.1) is 5.92 Å². The monoisotopic (exact) mass is 304 g/mol.